The molecule has 84 valence electrons. The van der Waals surface area contributed by atoms with E-state index in [4.69, 9.17) is 0 Å². The van der Waals surface area contributed by atoms with Crippen LogP contribution in [-0.2, 0) is 6.42 Å². The first-order valence-corrected chi connectivity index (χ1v) is 6.09. The van der Waals surface area contributed by atoms with Gasteiger partial charge in [0.1, 0.15) is 0 Å². The molecule has 1 heteroatoms. The summed E-state index contributed by atoms with van der Waals surface area (Å²) in [6.45, 7) is 9.09. The van der Waals surface area contributed by atoms with Crippen LogP contribution in [0.2, 0.25) is 0 Å². The minimum atomic E-state index is 0.697. The van der Waals surface area contributed by atoms with Crippen molar-refractivity contribution in [3.05, 3.63) is 35.9 Å². The first-order valence-electron chi connectivity index (χ1n) is 6.09. The van der Waals surface area contributed by atoms with E-state index in [1.54, 1.807) is 0 Å². The maximum atomic E-state index is 2.55. The molecule has 0 aliphatic rings. The second kappa shape index (κ2) is 6.62. The molecule has 0 aliphatic heterocycles. The third kappa shape index (κ3) is 3.67. The molecule has 0 amide bonds. The van der Waals surface area contributed by atoms with E-state index in [0.717, 1.165) is 13.1 Å². The summed E-state index contributed by atoms with van der Waals surface area (Å²) in [6, 6.07) is 11.5. The molecule has 1 atom stereocenters. The number of likely N-dealkylation sites (N-methyl/N-ethyl adjacent to an activating group) is 1. The van der Waals surface area contributed by atoms with Gasteiger partial charge in [-0.1, -0.05) is 51.1 Å². The van der Waals surface area contributed by atoms with Crippen molar-refractivity contribution in [3.63, 3.8) is 0 Å². The Kier molecular flexibility index (Phi) is 5.41. The van der Waals surface area contributed by atoms with Crippen LogP contribution in [0.3, 0.4) is 0 Å². The number of benzene rings is 1. The zero-order chi connectivity index (χ0) is 11.1. The lowest BCUT2D eigenvalue weighted by Crippen LogP contribution is -2.36. The highest BCUT2D eigenvalue weighted by Crippen LogP contribution is 2.11. The number of hydrogen-bond acceptors (Lipinski definition) is 1. The van der Waals surface area contributed by atoms with Crippen LogP contribution in [0.4, 0.5) is 0 Å². The quantitative estimate of drug-likeness (QED) is 0.688. The van der Waals surface area contributed by atoms with Crippen LogP contribution in [0.1, 0.15) is 32.8 Å². The van der Waals surface area contributed by atoms with Crippen LogP contribution in [0.25, 0.3) is 0 Å². The Balaban J connectivity index is 2.61. The molecular weight excluding hydrogens is 182 g/mol. The van der Waals surface area contributed by atoms with Gasteiger partial charge < -0.3 is 4.90 Å². The van der Waals surface area contributed by atoms with Crippen LogP contribution in [-0.4, -0.2) is 24.0 Å². The summed E-state index contributed by atoms with van der Waals surface area (Å²) < 4.78 is 0. The highest BCUT2D eigenvalue weighted by Gasteiger charge is 2.13. The zero-order valence-corrected chi connectivity index (χ0v) is 10.2. The van der Waals surface area contributed by atoms with Crippen LogP contribution in [0.5, 0.6) is 0 Å². The molecule has 0 saturated carbocycles. The molecule has 0 aliphatic carbocycles. The van der Waals surface area contributed by atoms with Gasteiger partial charge in [0, 0.05) is 6.04 Å². The van der Waals surface area contributed by atoms with Crippen molar-refractivity contribution in [1.29, 1.82) is 0 Å². The van der Waals surface area contributed by atoms with Gasteiger partial charge in [-0.3, -0.25) is 0 Å². The molecule has 1 rings (SSSR count). The van der Waals surface area contributed by atoms with E-state index in [0.29, 0.717) is 6.04 Å². The van der Waals surface area contributed by atoms with Gasteiger partial charge in [-0.05, 0) is 31.5 Å². The molecule has 0 spiro atoms. The summed E-state index contributed by atoms with van der Waals surface area (Å²) in [5.41, 5.74) is 1.45. The van der Waals surface area contributed by atoms with Crippen molar-refractivity contribution >= 4 is 0 Å². The van der Waals surface area contributed by atoms with Crippen molar-refractivity contribution in [1.82, 2.24) is 4.90 Å². The Hall–Kier alpha value is -0.820. The van der Waals surface area contributed by atoms with Crippen molar-refractivity contribution in [2.24, 2.45) is 0 Å². The van der Waals surface area contributed by atoms with E-state index in [-0.39, 0.29) is 0 Å². The Labute approximate surface area is 94.1 Å². The topological polar surface area (TPSA) is 3.24 Å². The maximum absolute atomic E-state index is 2.55. The average Bonchev–Trinajstić information content (AvgIpc) is 2.30. The van der Waals surface area contributed by atoms with Crippen LogP contribution in [0, 0.1) is 0 Å². The van der Waals surface area contributed by atoms with Gasteiger partial charge >= 0.3 is 0 Å². The van der Waals surface area contributed by atoms with Gasteiger partial charge in [0.25, 0.3) is 0 Å². The summed E-state index contributed by atoms with van der Waals surface area (Å²) in [7, 11) is 0. The molecule has 1 aromatic rings. The zero-order valence-electron chi connectivity index (χ0n) is 10.2. The van der Waals surface area contributed by atoms with E-state index >= 15 is 0 Å². The summed E-state index contributed by atoms with van der Waals surface area (Å²) in [4.78, 5) is 2.55. The number of nitrogens with zero attached hydrogens (tertiary/aromatic N) is 1. The van der Waals surface area contributed by atoms with Crippen LogP contribution < -0.4 is 0 Å². The SMILES string of the molecule is CCC(Cc1ccccc1)N(CC)CC. The Morgan fingerprint density at radius 1 is 1.00 bits per heavy atom. The molecule has 0 radical (unpaired) electrons. The highest BCUT2D eigenvalue weighted by molar-refractivity contribution is 5.15. The third-order valence-electron chi connectivity index (χ3n) is 3.11. The predicted octanol–water partition coefficient (Wildman–Crippen LogP) is 3.35. The van der Waals surface area contributed by atoms with Crippen molar-refractivity contribution < 1.29 is 0 Å². The smallest absolute Gasteiger partial charge is 0.0133 e. The lowest BCUT2D eigenvalue weighted by molar-refractivity contribution is 0.210. The van der Waals surface area contributed by atoms with Crippen molar-refractivity contribution in [2.45, 2.75) is 39.7 Å². The highest BCUT2D eigenvalue weighted by atomic mass is 15.1. The fourth-order valence-electron chi connectivity index (χ4n) is 2.16. The van der Waals surface area contributed by atoms with Crippen molar-refractivity contribution in [2.75, 3.05) is 13.1 Å². The Morgan fingerprint density at radius 3 is 2.07 bits per heavy atom. The molecule has 1 aromatic carbocycles. The Bertz CT molecular complexity index is 251. The lowest BCUT2D eigenvalue weighted by atomic mass is 10.0. The number of hydrogen-bond donors (Lipinski definition) is 0. The van der Waals surface area contributed by atoms with Gasteiger partial charge in [0.05, 0.1) is 0 Å². The van der Waals surface area contributed by atoms with Crippen LogP contribution in [0.15, 0.2) is 30.3 Å². The summed E-state index contributed by atoms with van der Waals surface area (Å²) in [6.07, 6.45) is 2.41. The fourth-order valence-corrected chi connectivity index (χ4v) is 2.16. The molecule has 0 bridgehead atoms. The molecule has 15 heavy (non-hydrogen) atoms. The molecule has 0 N–H and O–H groups in total. The first-order chi connectivity index (χ1) is 7.31. The first kappa shape index (κ1) is 12.3. The molecule has 1 unspecified atom stereocenters. The maximum Gasteiger partial charge on any atom is 0.0133 e. The molecule has 0 aromatic heterocycles. The minimum Gasteiger partial charge on any atom is -0.301 e. The predicted molar refractivity (Wildman–Crippen MR) is 67.1 cm³/mol. The standard InChI is InChI=1S/C14H23N/c1-4-14(15(5-2)6-3)12-13-10-8-7-9-11-13/h7-11,14H,4-6,12H2,1-3H3. The monoisotopic (exact) mass is 205 g/mol. The Morgan fingerprint density at radius 2 is 1.60 bits per heavy atom. The average molecular weight is 205 g/mol. The number of rotatable bonds is 6. The van der Waals surface area contributed by atoms with Gasteiger partial charge in [0.2, 0.25) is 0 Å². The van der Waals surface area contributed by atoms with E-state index in [2.05, 4.69) is 56.0 Å². The third-order valence-corrected chi connectivity index (χ3v) is 3.11. The van der Waals surface area contributed by atoms with Gasteiger partial charge in [-0.15, -0.1) is 0 Å². The largest absolute Gasteiger partial charge is 0.301 e. The molecule has 0 fully saturated rings. The summed E-state index contributed by atoms with van der Waals surface area (Å²) in [5.74, 6) is 0. The van der Waals surface area contributed by atoms with Crippen molar-refractivity contribution in [3.8, 4) is 0 Å². The van der Waals surface area contributed by atoms with E-state index < -0.39 is 0 Å². The molecule has 0 saturated heterocycles. The molecule has 0 heterocycles. The van der Waals surface area contributed by atoms with Gasteiger partial charge in [-0.25, -0.2) is 0 Å². The van der Waals surface area contributed by atoms with Gasteiger partial charge in [0.15, 0.2) is 0 Å². The second-order valence-corrected chi connectivity index (χ2v) is 3.97. The van der Waals surface area contributed by atoms with E-state index in [9.17, 15) is 0 Å². The minimum absolute atomic E-state index is 0.697. The molecule has 1 nitrogen and oxygen atoms in total. The van der Waals surface area contributed by atoms with Gasteiger partial charge in [-0.2, -0.15) is 0 Å². The van der Waals surface area contributed by atoms with E-state index in [1.165, 1.54) is 18.4 Å². The fraction of sp³-hybridized carbons (Fsp3) is 0.571. The molecular formula is C14H23N. The van der Waals surface area contributed by atoms with Crippen LogP contribution >= 0.6 is 0 Å². The van der Waals surface area contributed by atoms with E-state index in [1.807, 2.05) is 0 Å². The summed E-state index contributed by atoms with van der Waals surface area (Å²) in [5, 5.41) is 0. The second-order valence-electron chi connectivity index (χ2n) is 3.97. The lowest BCUT2D eigenvalue weighted by Gasteiger charge is -2.28. The summed E-state index contributed by atoms with van der Waals surface area (Å²) >= 11 is 0. The normalized spacial score (nSPS) is 13.1.